The quantitative estimate of drug-likeness (QED) is 0.167. The molecule has 10 aromatic carbocycles. The van der Waals surface area contributed by atoms with Gasteiger partial charge in [0.2, 0.25) is 0 Å². The molecule has 0 spiro atoms. The van der Waals surface area contributed by atoms with E-state index in [0.717, 1.165) is 116 Å². The van der Waals surface area contributed by atoms with Crippen molar-refractivity contribution in [1.29, 1.82) is 0 Å². The van der Waals surface area contributed by atoms with Gasteiger partial charge in [0.05, 0.1) is 44.5 Å². The minimum atomic E-state index is -2.31. The Morgan fingerprint density at radius 1 is 0.432 bits per heavy atom. The summed E-state index contributed by atoms with van der Waals surface area (Å²) in [6.45, 7) is 11.3. The maximum Gasteiger partial charge on any atom is 0.137 e. The van der Waals surface area contributed by atoms with E-state index in [9.17, 15) is 0 Å². The Hall–Kier alpha value is -9.65. The van der Waals surface area contributed by atoms with E-state index in [2.05, 4.69) is 266 Å². The van der Waals surface area contributed by atoms with Crippen molar-refractivity contribution >= 4 is 98.3 Å². The van der Waals surface area contributed by atoms with Gasteiger partial charge in [0, 0.05) is 72.1 Å². The summed E-state index contributed by atoms with van der Waals surface area (Å²) in [6.07, 6.45) is 1.93. The molecule has 0 saturated carbocycles. The Balaban J connectivity index is 0.959. The first-order valence-electron chi connectivity index (χ1n) is 29.5. The number of hydrogen-bond donors (Lipinski definition) is 0. The summed E-state index contributed by atoms with van der Waals surface area (Å²) in [7, 11) is 0. The maximum absolute atomic E-state index is 8.71. The van der Waals surface area contributed by atoms with E-state index in [1.54, 1.807) is 0 Å². The fourth-order valence-corrected chi connectivity index (χ4v) is 12.9. The van der Waals surface area contributed by atoms with Crippen molar-refractivity contribution in [2.45, 2.75) is 65.9 Å². The molecular weight excluding hydrogens is 987 g/mol. The molecule has 392 valence electrons. The third-order valence-electron chi connectivity index (χ3n) is 16.8. The predicted octanol–water partition coefficient (Wildman–Crippen LogP) is 20.3. The monoisotopic (exact) mass is 1050 g/mol. The molecule has 0 radical (unpaired) electrons. The summed E-state index contributed by atoms with van der Waals surface area (Å²) in [5.41, 5.74) is 13.2. The molecule has 0 fully saturated rings. The molecule has 5 heterocycles. The van der Waals surface area contributed by atoms with Crippen molar-refractivity contribution in [3.63, 3.8) is 0 Å². The van der Waals surface area contributed by atoms with E-state index in [1.807, 2.05) is 24.4 Å². The first-order chi connectivity index (χ1) is 40.6. The second kappa shape index (κ2) is 18.2. The minimum Gasteiger partial charge on any atom is -0.457 e. The van der Waals surface area contributed by atoms with Crippen molar-refractivity contribution in [3.8, 4) is 34.1 Å². The lowest BCUT2D eigenvalue weighted by Gasteiger charge is -2.22. The lowest BCUT2D eigenvalue weighted by Crippen LogP contribution is -2.15. The van der Waals surface area contributed by atoms with Gasteiger partial charge in [0.15, 0.2) is 0 Å². The highest BCUT2D eigenvalue weighted by atomic mass is 16.5. The molecule has 0 bridgehead atoms. The Morgan fingerprint density at radius 2 is 1.00 bits per heavy atom. The summed E-state index contributed by atoms with van der Waals surface area (Å²) >= 11 is 0. The first-order valence-corrected chi connectivity index (χ1v) is 28.0. The maximum atomic E-state index is 8.71. The van der Waals surface area contributed by atoms with Crippen LogP contribution in [0.2, 0.25) is 0 Å². The lowest BCUT2D eigenvalue weighted by atomic mass is 9.84. The van der Waals surface area contributed by atoms with Crippen LogP contribution in [0.1, 0.15) is 62.3 Å². The van der Waals surface area contributed by atoms with Gasteiger partial charge in [-0.25, -0.2) is 4.98 Å². The topological polar surface area (TPSA) is 40.1 Å². The molecule has 14 aromatic rings. The van der Waals surface area contributed by atoms with Gasteiger partial charge in [-0.05, 0) is 104 Å². The van der Waals surface area contributed by atoms with E-state index < -0.39 is 6.85 Å². The van der Waals surface area contributed by atoms with E-state index in [1.165, 1.54) is 16.3 Å². The molecule has 0 amide bonds. The Morgan fingerprint density at radius 3 is 1.65 bits per heavy atom. The van der Waals surface area contributed by atoms with Gasteiger partial charge in [-0.3, -0.25) is 4.57 Å². The number of nitrogens with zero attached hydrogens (tertiary/aromatic N) is 5. The second-order valence-electron chi connectivity index (χ2n) is 23.8. The van der Waals surface area contributed by atoms with Crippen molar-refractivity contribution in [2.24, 2.45) is 0 Å². The van der Waals surface area contributed by atoms with E-state index >= 15 is 0 Å². The highest BCUT2D eigenvalue weighted by Crippen LogP contribution is 2.47. The molecule has 6 heteroatoms. The zero-order chi connectivity index (χ0) is 57.4. The van der Waals surface area contributed by atoms with Gasteiger partial charge in [-0.2, -0.15) is 0 Å². The van der Waals surface area contributed by atoms with E-state index in [0.29, 0.717) is 23.7 Å². The number of aryl methyl sites for hydroxylation is 1. The number of rotatable bonds is 6. The van der Waals surface area contributed by atoms with E-state index in [4.69, 9.17) is 13.8 Å². The molecule has 4 aromatic heterocycles. The third-order valence-corrected chi connectivity index (χ3v) is 16.8. The summed E-state index contributed by atoms with van der Waals surface area (Å²) in [5, 5.41) is 11.2. The fraction of sp³-hybridized carbons (Fsp3) is 0.133. The zero-order valence-electron chi connectivity index (χ0n) is 49.3. The number of ether oxygens (including phenoxy) is 1. The van der Waals surface area contributed by atoms with Gasteiger partial charge >= 0.3 is 0 Å². The van der Waals surface area contributed by atoms with Crippen LogP contribution in [0.25, 0.3) is 110 Å². The van der Waals surface area contributed by atoms with Crippen LogP contribution in [0.4, 0.5) is 11.4 Å². The van der Waals surface area contributed by atoms with Gasteiger partial charge in [0.1, 0.15) is 24.0 Å². The highest BCUT2D eigenvalue weighted by molar-refractivity contribution is 6.22. The number of pyridine rings is 1. The van der Waals surface area contributed by atoms with E-state index in [-0.39, 0.29) is 10.8 Å². The number of anilines is 2. The van der Waals surface area contributed by atoms with Crippen LogP contribution >= 0.6 is 0 Å². The highest BCUT2D eigenvalue weighted by Gasteiger charge is 2.28. The Bertz CT molecular complexity index is 5040. The molecule has 0 atom stereocenters. The van der Waals surface area contributed by atoms with Crippen LogP contribution in [0.15, 0.2) is 231 Å². The van der Waals surface area contributed by atoms with Crippen molar-refractivity contribution in [2.75, 3.05) is 4.90 Å². The number of para-hydroxylation sites is 5. The van der Waals surface area contributed by atoms with Gasteiger partial charge in [-0.15, -0.1) is 0 Å². The second-order valence-corrected chi connectivity index (χ2v) is 23.8. The van der Waals surface area contributed by atoms with Crippen molar-refractivity contribution in [1.82, 2.24) is 18.7 Å². The molecule has 6 nitrogen and oxygen atoms in total. The smallest absolute Gasteiger partial charge is 0.137 e. The van der Waals surface area contributed by atoms with Crippen LogP contribution in [0, 0.1) is 6.85 Å². The Kier molecular flexibility index (Phi) is 10.2. The first kappa shape index (κ1) is 45.2. The average Bonchev–Trinajstić information content (AvgIpc) is 1.78. The lowest BCUT2D eigenvalue weighted by molar-refractivity contribution is 0.483. The predicted molar refractivity (Wildman–Crippen MR) is 341 cm³/mol. The largest absolute Gasteiger partial charge is 0.457 e. The number of aromatic nitrogens is 4. The standard InChI is InChI=1S/C75H61N5O/c1-47-39-48(41-50(40-47)75(5,6)7)54-30-19-31-61-57-25-10-8-23-55(57)56-24-9-11-26-58(56)62-32-20-36-67-73(62)78(72(54)61)46-77(67)51-21-18-22-52(43-51)81-53-44-68(79-64-33-15-12-27-59(64)60-28-13-16-34-65(60)79)71-63-29-14-17-35-66(63)80(69(71)45-53)70-42-49(37-38-76-70)74(2,3)4/h8-45H,46H2,1-7H3/i1D3. The Labute approximate surface area is 475 Å². The van der Waals surface area contributed by atoms with Crippen molar-refractivity contribution in [3.05, 3.63) is 247 Å². The average molecular weight is 1050 g/mol. The molecule has 0 aliphatic carbocycles. The van der Waals surface area contributed by atoms with Crippen LogP contribution in [0.5, 0.6) is 11.5 Å². The van der Waals surface area contributed by atoms with Crippen LogP contribution in [-0.4, -0.2) is 18.7 Å². The van der Waals surface area contributed by atoms with Crippen LogP contribution in [0.3, 0.4) is 0 Å². The number of fused-ring (bicyclic) bond motifs is 13. The van der Waals surface area contributed by atoms with Gasteiger partial charge < -0.3 is 18.8 Å². The summed E-state index contributed by atoms with van der Waals surface area (Å²) in [6, 6.07) is 79.7. The summed E-state index contributed by atoms with van der Waals surface area (Å²) in [4.78, 5) is 7.48. The van der Waals surface area contributed by atoms with Gasteiger partial charge in [-0.1, -0.05) is 205 Å². The molecule has 0 N–H and O–H groups in total. The van der Waals surface area contributed by atoms with Crippen LogP contribution in [-0.2, 0) is 17.5 Å². The van der Waals surface area contributed by atoms with Gasteiger partial charge in [0.25, 0.3) is 0 Å². The molecule has 1 aliphatic heterocycles. The molecule has 81 heavy (non-hydrogen) atoms. The molecule has 1 aliphatic rings. The molecular formula is C75H61N5O. The van der Waals surface area contributed by atoms with Crippen LogP contribution < -0.4 is 9.64 Å². The summed E-state index contributed by atoms with van der Waals surface area (Å²) in [5.74, 6) is 2.21. The molecule has 15 rings (SSSR count). The zero-order valence-corrected chi connectivity index (χ0v) is 46.3. The SMILES string of the molecule is [2H]C([2H])([2H])c1cc(-c2cccc3c4ccccc4c4ccccc4c4cccc5c4n(c23)CN5c2cccc(Oc3cc(-n4c5ccccc5c5ccccc54)c4c5ccccc5n(-c5cc(C(C)(C)C)ccn5)c4c3)c2)cc(C(C)(C)C)c1. The van der Waals surface area contributed by atoms with Crippen molar-refractivity contribution < 1.29 is 8.85 Å². The fourth-order valence-electron chi connectivity index (χ4n) is 12.9. The summed E-state index contributed by atoms with van der Waals surface area (Å²) < 4.78 is 40.6. The minimum absolute atomic E-state index is 0.0983. The number of benzene rings is 10. The normalized spacial score (nSPS) is 13.5. The number of hydrogen-bond acceptors (Lipinski definition) is 3. The third kappa shape index (κ3) is 7.79. The molecule has 0 saturated heterocycles. The molecule has 0 unspecified atom stereocenters.